The molecule has 0 aromatic heterocycles. The van der Waals surface area contributed by atoms with E-state index < -0.39 is 24.3 Å². The minimum Gasteiger partial charge on any atom is -0.481 e. The summed E-state index contributed by atoms with van der Waals surface area (Å²) in [6.45, 7) is 2.19. The van der Waals surface area contributed by atoms with E-state index in [0.29, 0.717) is 12.8 Å². The van der Waals surface area contributed by atoms with E-state index in [4.69, 9.17) is 5.11 Å². The lowest BCUT2D eigenvalue weighted by Gasteiger charge is -2.19. The van der Waals surface area contributed by atoms with Crippen LogP contribution in [-0.4, -0.2) is 44.7 Å². The van der Waals surface area contributed by atoms with Gasteiger partial charge in [-0.2, -0.15) is 0 Å². The van der Waals surface area contributed by atoms with Crippen LogP contribution in [0.2, 0.25) is 0 Å². The number of hydrogen-bond acceptors (Lipinski definition) is 4. The molecule has 0 amide bonds. The van der Waals surface area contributed by atoms with Crippen LogP contribution >= 0.6 is 0 Å². The second-order valence-corrected chi connectivity index (χ2v) is 7.41. The van der Waals surface area contributed by atoms with Gasteiger partial charge in [-0.1, -0.05) is 56.2 Å². The summed E-state index contributed by atoms with van der Waals surface area (Å²) in [5.41, 5.74) is 0. The number of rotatable bonds is 13. The highest BCUT2D eigenvalue weighted by Gasteiger charge is 2.39. The number of aliphatic carboxylic acids is 1. The average molecular weight is 381 g/mol. The van der Waals surface area contributed by atoms with E-state index in [-0.39, 0.29) is 24.7 Å². The first kappa shape index (κ1) is 23.6. The zero-order valence-electron chi connectivity index (χ0n) is 16.4. The molecule has 1 saturated carbocycles. The topological polar surface area (TPSA) is 98.0 Å². The van der Waals surface area contributed by atoms with Crippen LogP contribution in [0, 0.1) is 11.8 Å². The quantitative estimate of drug-likeness (QED) is 0.289. The van der Waals surface area contributed by atoms with Gasteiger partial charge >= 0.3 is 5.97 Å². The van der Waals surface area contributed by atoms with Gasteiger partial charge in [-0.3, -0.25) is 4.79 Å². The Morgan fingerprint density at radius 1 is 1.11 bits per heavy atom. The van der Waals surface area contributed by atoms with Crippen molar-refractivity contribution < 1.29 is 25.2 Å². The van der Waals surface area contributed by atoms with E-state index in [9.17, 15) is 20.1 Å². The van der Waals surface area contributed by atoms with Crippen LogP contribution in [0.4, 0.5) is 0 Å². The molecule has 1 fully saturated rings. The Balaban J connectivity index is 2.44. The number of aliphatic hydroxyl groups excluding tert-OH is 3. The van der Waals surface area contributed by atoms with Crippen molar-refractivity contribution in [3.8, 4) is 0 Å². The average Bonchev–Trinajstić information content (AvgIpc) is 2.89. The molecule has 0 radical (unpaired) electrons. The van der Waals surface area contributed by atoms with Gasteiger partial charge in [0.15, 0.2) is 0 Å². The predicted molar refractivity (Wildman–Crippen MR) is 107 cm³/mol. The third-order valence-electron chi connectivity index (χ3n) is 5.11. The van der Waals surface area contributed by atoms with Gasteiger partial charge < -0.3 is 20.4 Å². The van der Waals surface area contributed by atoms with Crippen molar-refractivity contribution in [2.45, 2.75) is 83.0 Å². The Morgan fingerprint density at radius 2 is 1.85 bits per heavy atom. The molecular formula is C22H36O5. The van der Waals surface area contributed by atoms with E-state index in [1.54, 1.807) is 12.2 Å². The van der Waals surface area contributed by atoms with E-state index >= 15 is 0 Å². The minimum atomic E-state index is -0.943. The van der Waals surface area contributed by atoms with Gasteiger partial charge in [-0.25, -0.2) is 0 Å². The van der Waals surface area contributed by atoms with Crippen molar-refractivity contribution in [1.29, 1.82) is 0 Å². The minimum absolute atomic E-state index is 0.0901. The molecule has 0 unspecified atom stereocenters. The summed E-state index contributed by atoms with van der Waals surface area (Å²) in [7, 11) is 0. The number of hydrogen-bond donors (Lipinski definition) is 4. The lowest BCUT2D eigenvalue weighted by atomic mass is 9.89. The lowest BCUT2D eigenvalue weighted by molar-refractivity contribution is -0.137. The molecule has 5 nitrogen and oxygen atoms in total. The van der Waals surface area contributed by atoms with Crippen LogP contribution in [0.3, 0.4) is 0 Å². The molecule has 5 atom stereocenters. The van der Waals surface area contributed by atoms with Gasteiger partial charge in [0.2, 0.25) is 0 Å². The SMILES string of the molecule is CCCCC/C=C\C/C=C\C[C@@H]1[C@H](C=C[C@H](O)CCC(=O)O)[C@@H](O)C[C@H]1O. The molecule has 0 aromatic rings. The maximum atomic E-state index is 10.5. The molecule has 154 valence electrons. The first-order chi connectivity index (χ1) is 13.0. The van der Waals surface area contributed by atoms with Crippen molar-refractivity contribution in [2.75, 3.05) is 0 Å². The molecule has 1 aliphatic rings. The molecule has 27 heavy (non-hydrogen) atoms. The number of allylic oxidation sites excluding steroid dienone is 4. The van der Waals surface area contributed by atoms with E-state index in [0.717, 1.165) is 12.8 Å². The third kappa shape index (κ3) is 9.89. The fraction of sp³-hybridized carbons (Fsp3) is 0.682. The number of carboxylic acid groups (broad SMARTS) is 1. The zero-order valence-corrected chi connectivity index (χ0v) is 16.4. The Bertz CT molecular complexity index is 497. The first-order valence-corrected chi connectivity index (χ1v) is 10.2. The number of carbonyl (C=O) groups is 1. The molecule has 1 aliphatic carbocycles. The van der Waals surface area contributed by atoms with Crippen LogP contribution in [0.15, 0.2) is 36.5 Å². The number of aliphatic hydroxyl groups is 3. The summed E-state index contributed by atoms with van der Waals surface area (Å²) < 4.78 is 0. The molecule has 0 bridgehead atoms. The van der Waals surface area contributed by atoms with Gasteiger partial charge in [0, 0.05) is 18.8 Å². The lowest BCUT2D eigenvalue weighted by Crippen LogP contribution is -2.20. The van der Waals surface area contributed by atoms with Crippen LogP contribution in [0.5, 0.6) is 0 Å². The van der Waals surface area contributed by atoms with Crippen LogP contribution in [0.25, 0.3) is 0 Å². The van der Waals surface area contributed by atoms with Gasteiger partial charge in [0.25, 0.3) is 0 Å². The summed E-state index contributed by atoms with van der Waals surface area (Å²) in [5, 5.41) is 38.9. The summed E-state index contributed by atoms with van der Waals surface area (Å²) in [5.74, 6) is -1.26. The molecule has 0 spiro atoms. The molecule has 0 saturated heterocycles. The maximum Gasteiger partial charge on any atom is 0.303 e. The van der Waals surface area contributed by atoms with E-state index in [1.807, 2.05) is 6.08 Å². The fourth-order valence-electron chi connectivity index (χ4n) is 3.48. The number of carboxylic acids is 1. The standard InChI is InChI=1S/C22H36O5/c1-2-3-4-5-6-7-8-9-10-11-18-19(21(25)16-20(18)24)14-12-17(23)13-15-22(26)27/h6-7,9-10,12,14,17-21,23-25H,2-5,8,11,13,15-16H2,1H3,(H,26,27)/b7-6-,10-9-,14-12?/t17-,18+,19-,20+,21-/m0/s1. The second-order valence-electron chi connectivity index (χ2n) is 7.41. The molecular weight excluding hydrogens is 344 g/mol. The molecule has 1 rings (SSSR count). The molecule has 0 heterocycles. The van der Waals surface area contributed by atoms with Crippen LogP contribution in [-0.2, 0) is 4.79 Å². The van der Waals surface area contributed by atoms with Crippen molar-refractivity contribution in [2.24, 2.45) is 11.8 Å². The largest absolute Gasteiger partial charge is 0.481 e. The highest BCUT2D eigenvalue weighted by Crippen LogP contribution is 2.36. The van der Waals surface area contributed by atoms with Crippen molar-refractivity contribution in [3.05, 3.63) is 36.5 Å². The van der Waals surface area contributed by atoms with E-state index in [1.165, 1.54) is 19.3 Å². The monoisotopic (exact) mass is 380 g/mol. The number of unbranched alkanes of at least 4 members (excludes halogenated alkanes) is 3. The Kier molecular flexibility index (Phi) is 12.0. The third-order valence-corrected chi connectivity index (χ3v) is 5.11. The summed E-state index contributed by atoms with van der Waals surface area (Å²) in [4.78, 5) is 10.5. The zero-order chi connectivity index (χ0) is 20.1. The van der Waals surface area contributed by atoms with Gasteiger partial charge in [0.1, 0.15) is 0 Å². The van der Waals surface area contributed by atoms with Crippen molar-refractivity contribution in [3.63, 3.8) is 0 Å². The summed E-state index contributed by atoms with van der Waals surface area (Å²) >= 11 is 0. The fourth-order valence-corrected chi connectivity index (χ4v) is 3.48. The predicted octanol–water partition coefficient (Wildman–Crippen LogP) is 3.60. The van der Waals surface area contributed by atoms with Crippen LogP contribution < -0.4 is 0 Å². The van der Waals surface area contributed by atoms with Gasteiger partial charge in [-0.05, 0) is 38.0 Å². The van der Waals surface area contributed by atoms with E-state index in [2.05, 4.69) is 25.2 Å². The highest BCUT2D eigenvalue weighted by molar-refractivity contribution is 5.66. The van der Waals surface area contributed by atoms with Crippen molar-refractivity contribution in [1.82, 2.24) is 0 Å². The molecule has 5 heteroatoms. The van der Waals surface area contributed by atoms with Crippen LogP contribution in [0.1, 0.15) is 64.7 Å². The molecule has 0 aromatic carbocycles. The summed E-state index contributed by atoms with van der Waals surface area (Å²) in [6.07, 6.45) is 16.5. The second kappa shape index (κ2) is 13.7. The normalized spacial score (nSPS) is 27.3. The van der Waals surface area contributed by atoms with Gasteiger partial charge in [0.05, 0.1) is 18.3 Å². The Morgan fingerprint density at radius 3 is 2.56 bits per heavy atom. The van der Waals surface area contributed by atoms with Gasteiger partial charge in [-0.15, -0.1) is 0 Å². The Hall–Kier alpha value is -1.43. The molecule has 0 aliphatic heterocycles. The smallest absolute Gasteiger partial charge is 0.303 e. The highest BCUT2D eigenvalue weighted by atomic mass is 16.4. The Labute approximate surface area is 163 Å². The molecule has 4 N–H and O–H groups in total. The van der Waals surface area contributed by atoms with Crippen molar-refractivity contribution >= 4 is 5.97 Å². The summed E-state index contributed by atoms with van der Waals surface area (Å²) in [6, 6.07) is 0. The maximum absolute atomic E-state index is 10.5. The first-order valence-electron chi connectivity index (χ1n) is 10.2.